The second kappa shape index (κ2) is 22.9. The number of hydrogen-bond donors (Lipinski definition) is 0. The van der Waals surface area contributed by atoms with Crippen molar-refractivity contribution in [2.24, 2.45) is 0 Å². The van der Waals surface area contributed by atoms with Gasteiger partial charge in [-0.1, -0.05) is 24.3 Å². The van der Waals surface area contributed by atoms with Crippen LogP contribution in [0.25, 0.3) is 0 Å². The smallest absolute Gasteiger partial charge is 0.724 e. The standard InChI is InChI=1S/4C5H5N.Ag.H2O8S2/c4*1-2-4-6-5-3-1;;1-9(2,3)7-8-10(4,5)6/h4*1-5H;;(H,1,2,3)(H,4,5,6)/q;;;;+2;/p-2. The van der Waals surface area contributed by atoms with E-state index in [-0.39, 0.29) is 22.4 Å². The first-order valence-electron chi connectivity index (χ1n) is 8.90. The average Bonchev–Trinajstić information content (AvgIpc) is 2.88. The van der Waals surface area contributed by atoms with E-state index in [0.29, 0.717) is 0 Å². The molecule has 4 aromatic heterocycles. The van der Waals surface area contributed by atoms with Gasteiger partial charge in [-0.3, -0.25) is 19.9 Å². The Morgan fingerprint density at radius 2 is 0.571 bits per heavy atom. The van der Waals surface area contributed by atoms with Crippen LogP contribution >= 0.6 is 0 Å². The molecule has 0 saturated heterocycles. The Balaban J connectivity index is 0. The number of rotatable bonds is 3. The molecule has 0 aromatic carbocycles. The van der Waals surface area contributed by atoms with Gasteiger partial charge in [0.05, 0.1) is 0 Å². The third kappa shape index (κ3) is 33.3. The molecule has 0 spiro atoms. The van der Waals surface area contributed by atoms with Crippen molar-refractivity contribution in [1.82, 2.24) is 19.9 Å². The quantitative estimate of drug-likeness (QED) is 0.108. The topological polar surface area (TPSA) is 184 Å². The van der Waals surface area contributed by atoms with Crippen LogP contribution in [-0.2, 0) is 51.8 Å². The van der Waals surface area contributed by atoms with Crippen LogP contribution in [0.5, 0.6) is 0 Å². The molecule has 0 unspecified atom stereocenters. The van der Waals surface area contributed by atoms with Crippen molar-refractivity contribution in [3.05, 3.63) is 122 Å². The molecule has 0 aliphatic carbocycles. The fourth-order valence-electron chi connectivity index (χ4n) is 1.32. The molecule has 0 saturated carbocycles. The molecule has 0 fully saturated rings. The Kier molecular flexibility index (Phi) is 22.4. The van der Waals surface area contributed by atoms with Crippen LogP contribution in [-0.4, -0.2) is 45.9 Å². The van der Waals surface area contributed by atoms with Gasteiger partial charge in [0.2, 0.25) is 20.8 Å². The zero-order valence-corrected chi connectivity index (χ0v) is 20.8. The first-order chi connectivity index (χ1) is 16.2. The van der Waals surface area contributed by atoms with Gasteiger partial charge < -0.3 is 9.11 Å². The van der Waals surface area contributed by atoms with Crippen molar-refractivity contribution in [3.63, 3.8) is 0 Å². The van der Waals surface area contributed by atoms with E-state index in [1.54, 1.807) is 49.6 Å². The fraction of sp³-hybridized carbons (Fsp3) is 0. The molecule has 35 heavy (non-hydrogen) atoms. The van der Waals surface area contributed by atoms with Gasteiger partial charge in [-0.25, -0.2) is 16.8 Å². The van der Waals surface area contributed by atoms with Crippen LogP contribution in [0.3, 0.4) is 0 Å². The van der Waals surface area contributed by atoms with Crippen molar-refractivity contribution in [2.75, 3.05) is 0 Å². The van der Waals surface area contributed by atoms with Gasteiger partial charge in [0.15, 0.2) is 0 Å². The minimum absolute atomic E-state index is 0. The normalized spacial score (nSPS) is 9.31. The Hall–Kier alpha value is -2.92. The molecule has 15 heteroatoms. The summed E-state index contributed by atoms with van der Waals surface area (Å²) in [6, 6.07) is 22.9. The van der Waals surface area contributed by atoms with E-state index in [0.717, 1.165) is 0 Å². The predicted molar refractivity (Wildman–Crippen MR) is 119 cm³/mol. The molecule has 4 aromatic rings. The van der Waals surface area contributed by atoms with Crippen molar-refractivity contribution in [1.29, 1.82) is 0 Å². The van der Waals surface area contributed by atoms with Crippen LogP contribution in [0.15, 0.2) is 122 Å². The second-order valence-electron chi connectivity index (χ2n) is 5.05. The van der Waals surface area contributed by atoms with Gasteiger partial charge >= 0.3 is 22.4 Å². The zero-order chi connectivity index (χ0) is 25.4. The van der Waals surface area contributed by atoms with E-state index in [9.17, 15) is 25.9 Å². The van der Waals surface area contributed by atoms with Crippen molar-refractivity contribution in [2.45, 2.75) is 0 Å². The van der Waals surface area contributed by atoms with Crippen LogP contribution in [0.1, 0.15) is 0 Å². The van der Waals surface area contributed by atoms with Crippen molar-refractivity contribution in [3.8, 4) is 0 Å². The molecule has 0 bridgehead atoms. The molecule has 0 N–H and O–H groups in total. The van der Waals surface area contributed by atoms with Gasteiger partial charge in [-0.05, 0) is 48.5 Å². The summed E-state index contributed by atoms with van der Waals surface area (Å²) in [5.41, 5.74) is 0. The minimum atomic E-state index is -5.31. The number of pyridine rings is 4. The summed E-state index contributed by atoms with van der Waals surface area (Å²) < 4.78 is 61.5. The summed E-state index contributed by atoms with van der Waals surface area (Å²) >= 11 is 0. The van der Waals surface area contributed by atoms with Gasteiger partial charge in [-0.15, -0.1) is 8.67 Å². The monoisotopic (exact) mass is 615 g/mol. The summed E-state index contributed by atoms with van der Waals surface area (Å²) in [4.78, 5) is 15.1. The number of hydrogen-bond acceptors (Lipinski definition) is 12. The average molecular weight is 616 g/mol. The Morgan fingerprint density at radius 3 is 0.629 bits per heavy atom. The second-order valence-corrected chi connectivity index (χ2v) is 6.96. The van der Waals surface area contributed by atoms with E-state index in [4.69, 9.17) is 0 Å². The first kappa shape index (κ1) is 34.2. The Morgan fingerprint density at radius 1 is 0.400 bits per heavy atom. The number of nitrogens with zero attached hydrogens (tertiary/aromatic N) is 4. The third-order valence-electron chi connectivity index (χ3n) is 2.46. The summed E-state index contributed by atoms with van der Waals surface area (Å²) in [5, 5.41) is 0. The van der Waals surface area contributed by atoms with Gasteiger partial charge in [0.1, 0.15) is 0 Å². The minimum Gasteiger partial charge on any atom is -0.724 e. The molecule has 4 rings (SSSR count). The van der Waals surface area contributed by atoms with Crippen LogP contribution < -0.4 is 0 Å². The molecule has 12 nitrogen and oxygen atoms in total. The largest absolute Gasteiger partial charge is 2.00 e. The van der Waals surface area contributed by atoms with Gasteiger partial charge in [-0.2, -0.15) is 0 Å². The molecule has 0 aliphatic heterocycles. The van der Waals surface area contributed by atoms with Crippen molar-refractivity contribution < 1.29 is 57.0 Å². The summed E-state index contributed by atoms with van der Waals surface area (Å²) in [7, 11) is -10.6. The molecular formula is C20H20AgN4O8S2. The summed E-state index contributed by atoms with van der Waals surface area (Å²) in [6.07, 6.45) is 14.0. The van der Waals surface area contributed by atoms with E-state index in [2.05, 4.69) is 28.6 Å². The van der Waals surface area contributed by atoms with Crippen LogP contribution in [0, 0.1) is 0 Å². The molecule has 4 heterocycles. The van der Waals surface area contributed by atoms with Gasteiger partial charge in [0, 0.05) is 49.6 Å². The predicted octanol–water partition coefficient (Wildman–Crippen LogP) is 2.18. The maximum absolute atomic E-state index is 9.37. The maximum atomic E-state index is 9.37. The molecule has 0 aliphatic rings. The van der Waals surface area contributed by atoms with Crippen LogP contribution in [0.2, 0.25) is 0 Å². The van der Waals surface area contributed by atoms with E-state index in [1.165, 1.54) is 0 Å². The SMILES string of the molecule is O=S(=O)([O-])OOS(=O)(=O)[O-].[Ag+2].c1ccncc1.c1ccncc1.c1ccncc1.c1ccncc1. The maximum Gasteiger partial charge on any atom is 2.00 e. The third-order valence-corrected chi connectivity index (χ3v) is 3.02. The molecular weight excluding hydrogens is 596 g/mol. The van der Waals surface area contributed by atoms with Crippen LogP contribution in [0.4, 0.5) is 0 Å². The van der Waals surface area contributed by atoms with E-state index in [1.807, 2.05) is 72.8 Å². The zero-order valence-electron chi connectivity index (χ0n) is 17.7. The number of aromatic nitrogens is 4. The van der Waals surface area contributed by atoms with E-state index < -0.39 is 20.8 Å². The molecule has 1 radical (unpaired) electrons. The van der Waals surface area contributed by atoms with Gasteiger partial charge in [0.25, 0.3) is 0 Å². The fourth-order valence-corrected chi connectivity index (χ4v) is 1.86. The summed E-state index contributed by atoms with van der Waals surface area (Å²) in [6.45, 7) is 0. The Bertz CT molecular complexity index is 884. The summed E-state index contributed by atoms with van der Waals surface area (Å²) in [5.74, 6) is 0. The Labute approximate surface area is 219 Å². The molecule has 0 atom stereocenters. The molecule has 191 valence electrons. The van der Waals surface area contributed by atoms with E-state index >= 15 is 0 Å². The molecule has 0 amide bonds. The first-order valence-corrected chi connectivity index (χ1v) is 11.6. The van der Waals surface area contributed by atoms with Crippen molar-refractivity contribution >= 4 is 20.8 Å².